The lowest BCUT2D eigenvalue weighted by Gasteiger charge is -2.36. The van der Waals surface area contributed by atoms with Crippen molar-refractivity contribution < 1.29 is 0 Å². The summed E-state index contributed by atoms with van der Waals surface area (Å²) in [6, 6.07) is 18.3. The second kappa shape index (κ2) is 7.30. The first-order chi connectivity index (χ1) is 12.3. The molecule has 3 aromatic rings. The molecule has 0 aliphatic carbocycles. The Bertz CT molecular complexity index is 822. The van der Waals surface area contributed by atoms with Crippen molar-refractivity contribution >= 4 is 17.3 Å². The maximum Gasteiger partial charge on any atom is 0.0645 e. The fourth-order valence-electron chi connectivity index (χ4n) is 3.28. The van der Waals surface area contributed by atoms with Gasteiger partial charge in [0.1, 0.15) is 0 Å². The van der Waals surface area contributed by atoms with E-state index in [1.54, 1.807) is 0 Å². The molecule has 5 heteroatoms. The molecular formula is C20H21ClN4. The van der Waals surface area contributed by atoms with Crippen molar-refractivity contribution in [1.82, 2.24) is 14.7 Å². The van der Waals surface area contributed by atoms with Gasteiger partial charge in [-0.15, -0.1) is 0 Å². The van der Waals surface area contributed by atoms with E-state index in [1.165, 1.54) is 5.56 Å². The molecule has 128 valence electrons. The molecule has 2 aromatic carbocycles. The number of hydrogen-bond acceptors (Lipinski definition) is 3. The van der Waals surface area contributed by atoms with Gasteiger partial charge in [0.15, 0.2) is 0 Å². The molecule has 0 amide bonds. The third-order valence-corrected chi connectivity index (χ3v) is 4.95. The summed E-state index contributed by atoms with van der Waals surface area (Å²) in [5, 5.41) is 5.32. The zero-order valence-corrected chi connectivity index (χ0v) is 14.8. The Balaban J connectivity index is 1.36. The van der Waals surface area contributed by atoms with Crippen molar-refractivity contribution in [1.29, 1.82) is 0 Å². The quantitative estimate of drug-likeness (QED) is 0.712. The van der Waals surface area contributed by atoms with Crippen molar-refractivity contribution in [2.75, 3.05) is 31.1 Å². The molecule has 1 aromatic heterocycles. The molecule has 1 aliphatic rings. The van der Waals surface area contributed by atoms with Gasteiger partial charge in [0.2, 0.25) is 0 Å². The van der Waals surface area contributed by atoms with E-state index >= 15 is 0 Å². The van der Waals surface area contributed by atoms with E-state index in [0.717, 1.165) is 49.1 Å². The van der Waals surface area contributed by atoms with Crippen LogP contribution in [0.25, 0.3) is 5.69 Å². The number of rotatable bonds is 4. The lowest BCUT2D eigenvalue weighted by molar-refractivity contribution is 0.250. The van der Waals surface area contributed by atoms with Crippen LogP contribution < -0.4 is 4.90 Å². The van der Waals surface area contributed by atoms with Crippen LogP contribution in [-0.2, 0) is 6.54 Å². The first kappa shape index (κ1) is 16.2. The number of halogens is 1. The molecular weight excluding hydrogens is 332 g/mol. The van der Waals surface area contributed by atoms with Crippen LogP contribution in [0.4, 0.5) is 5.69 Å². The summed E-state index contributed by atoms with van der Waals surface area (Å²) in [7, 11) is 0. The van der Waals surface area contributed by atoms with E-state index in [0.29, 0.717) is 0 Å². The Morgan fingerprint density at radius 1 is 0.880 bits per heavy atom. The first-order valence-corrected chi connectivity index (χ1v) is 8.98. The normalized spacial score (nSPS) is 15.5. The second-order valence-electron chi connectivity index (χ2n) is 6.34. The van der Waals surface area contributed by atoms with Crippen molar-refractivity contribution in [3.8, 4) is 5.69 Å². The van der Waals surface area contributed by atoms with Crippen molar-refractivity contribution in [2.45, 2.75) is 6.54 Å². The standard InChI is InChI=1S/C20H21ClN4/c21-19-8-4-5-9-20(19)24-12-10-23(11-13-24)15-17-14-22-25(16-17)18-6-2-1-3-7-18/h1-9,14,16H,10-13,15H2. The predicted molar refractivity (Wildman–Crippen MR) is 103 cm³/mol. The summed E-state index contributed by atoms with van der Waals surface area (Å²) in [5.41, 5.74) is 3.48. The summed E-state index contributed by atoms with van der Waals surface area (Å²) in [6.45, 7) is 4.99. The van der Waals surface area contributed by atoms with Crippen molar-refractivity contribution in [3.63, 3.8) is 0 Å². The van der Waals surface area contributed by atoms with E-state index in [-0.39, 0.29) is 0 Å². The van der Waals surface area contributed by atoms with Crippen molar-refractivity contribution in [2.24, 2.45) is 0 Å². The van der Waals surface area contributed by atoms with Gasteiger partial charge >= 0.3 is 0 Å². The molecule has 0 atom stereocenters. The monoisotopic (exact) mass is 352 g/mol. The number of para-hydroxylation sites is 2. The predicted octanol–water partition coefficient (Wildman–Crippen LogP) is 3.85. The smallest absolute Gasteiger partial charge is 0.0645 e. The van der Waals surface area contributed by atoms with Gasteiger partial charge in [0.05, 0.1) is 22.6 Å². The maximum atomic E-state index is 6.32. The zero-order chi connectivity index (χ0) is 17.1. The van der Waals surface area contributed by atoms with E-state index in [9.17, 15) is 0 Å². The third kappa shape index (κ3) is 3.70. The number of benzene rings is 2. The molecule has 0 radical (unpaired) electrons. The van der Waals surface area contributed by atoms with Crippen LogP contribution in [-0.4, -0.2) is 40.9 Å². The van der Waals surface area contributed by atoms with Gasteiger partial charge in [0.25, 0.3) is 0 Å². The molecule has 4 nitrogen and oxygen atoms in total. The van der Waals surface area contributed by atoms with Gasteiger partial charge in [-0.2, -0.15) is 5.10 Å². The summed E-state index contributed by atoms with van der Waals surface area (Å²) in [5.74, 6) is 0. The van der Waals surface area contributed by atoms with Crippen LogP contribution in [0, 0.1) is 0 Å². The molecule has 25 heavy (non-hydrogen) atoms. The molecule has 1 fully saturated rings. The minimum absolute atomic E-state index is 0.833. The van der Waals surface area contributed by atoms with Crippen LogP contribution in [0.5, 0.6) is 0 Å². The van der Waals surface area contributed by atoms with E-state index in [4.69, 9.17) is 11.6 Å². The summed E-state index contributed by atoms with van der Waals surface area (Å²) >= 11 is 6.32. The van der Waals surface area contributed by atoms with Crippen LogP contribution >= 0.6 is 11.6 Å². The summed E-state index contributed by atoms with van der Waals surface area (Å²) in [6.07, 6.45) is 4.09. The van der Waals surface area contributed by atoms with Gasteiger partial charge in [0, 0.05) is 44.5 Å². The second-order valence-corrected chi connectivity index (χ2v) is 6.75. The molecule has 1 aliphatic heterocycles. The fourth-order valence-corrected chi connectivity index (χ4v) is 3.53. The van der Waals surface area contributed by atoms with Gasteiger partial charge in [-0.1, -0.05) is 41.9 Å². The highest BCUT2D eigenvalue weighted by atomic mass is 35.5. The highest BCUT2D eigenvalue weighted by Gasteiger charge is 2.19. The lowest BCUT2D eigenvalue weighted by atomic mass is 10.2. The lowest BCUT2D eigenvalue weighted by Crippen LogP contribution is -2.46. The van der Waals surface area contributed by atoms with Gasteiger partial charge in [-0.05, 0) is 24.3 Å². The van der Waals surface area contributed by atoms with E-state index in [2.05, 4.69) is 39.3 Å². The minimum Gasteiger partial charge on any atom is -0.368 e. The molecule has 0 bridgehead atoms. The summed E-state index contributed by atoms with van der Waals surface area (Å²) < 4.78 is 1.94. The molecule has 0 saturated carbocycles. The average molecular weight is 353 g/mol. The highest BCUT2D eigenvalue weighted by Crippen LogP contribution is 2.26. The van der Waals surface area contributed by atoms with Crippen LogP contribution in [0.3, 0.4) is 0 Å². The van der Waals surface area contributed by atoms with Crippen LogP contribution in [0.1, 0.15) is 5.56 Å². The van der Waals surface area contributed by atoms with Gasteiger partial charge in [-0.25, -0.2) is 4.68 Å². The molecule has 1 saturated heterocycles. The molecule has 0 N–H and O–H groups in total. The Hall–Kier alpha value is -2.30. The summed E-state index contributed by atoms with van der Waals surface area (Å²) in [4.78, 5) is 4.84. The first-order valence-electron chi connectivity index (χ1n) is 8.60. The SMILES string of the molecule is Clc1ccccc1N1CCN(Cc2cnn(-c3ccccc3)c2)CC1. The van der Waals surface area contributed by atoms with Gasteiger partial charge < -0.3 is 4.90 Å². The number of anilines is 1. The number of aromatic nitrogens is 2. The van der Waals surface area contributed by atoms with Crippen LogP contribution in [0.2, 0.25) is 5.02 Å². The number of piperazine rings is 1. The maximum absolute atomic E-state index is 6.32. The Morgan fingerprint density at radius 3 is 2.36 bits per heavy atom. The average Bonchev–Trinajstić information content (AvgIpc) is 3.12. The minimum atomic E-state index is 0.833. The van der Waals surface area contributed by atoms with Gasteiger partial charge in [-0.3, -0.25) is 4.90 Å². The topological polar surface area (TPSA) is 24.3 Å². The third-order valence-electron chi connectivity index (χ3n) is 4.63. The fraction of sp³-hybridized carbons (Fsp3) is 0.250. The molecule has 0 spiro atoms. The highest BCUT2D eigenvalue weighted by molar-refractivity contribution is 6.33. The van der Waals surface area contributed by atoms with E-state index < -0.39 is 0 Å². The van der Waals surface area contributed by atoms with E-state index in [1.807, 2.05) is 47.3 Å². The molecule has 2 heterocycles. The molecule has 4 rings (SSSR count). The number of nitrogens with zero attached hydrogens (tertiary/aromatic N) is 4. The zero-order valence-electron chi connectivity index (χ0n) is 14.1. The Morgan fingerprint density at radius 2 is 1.60 bits per heavy atom. The molecule has 0 unspecified atom stereocenters. The van der Waals surface area contributed by atoms with Crippen molar-refractivity contribution in [3.05, 3.63) is 77.6 Å². The Kier molecular flexibility index (Phi) is 4.72. The van der Waals surface area contributed by atoms with Crippen LogP contribution in [0.15, 0.2) is 67.0 Å². The largest absolute Gasteiger partial charge is 0.368 e. The Labute approximate surface area is 153 Å². The number of hydrogen-bond donors (Lipinski definition) is 0.